The van der Waals surface area contributed by atoms with Crippen molar-refractivity contribution >= 4 is 5.97 Å². The van der Waals surface area contributed by atoms with Gasteiger partial charge in [-0.2, -0.15) is 0 Å². The van der Waals surface area contributed by atoms with Crippen LogP contribution in [0.4, 0.5) is 0 Å². The van der Waals surface area contributed by atoms with Crippen molar-refractivity contribution in [2.45, 2.75) is 129 Å². The van der Waals surface area contributed by atoms with Crippen molar-refractivity contribution in [1.29, 1.82) is 0 Å². The van der Waals surface area contributed by atoms with Crippen LogP contribution in [0, 0.1) is 0 Å². The van der Waals surface area contributed by atoms with E-state index < -0.39 is 0 Å². The predicted molar refractivity (Wildman–Crippen MR) is 130 cm³/mol. The molecule has 0 aliphatic carbocycles. The molecule has 3 heteroatoms. The second-order valence-electron chi connectivity index (χ2n) is 9.10. The van der Waals surface area contributed by atoms with Gasteiger partial charge in [-0.05, 0) is 52.0 Å². The Labute approximate surface area is 187 Å². The SMILES string of the molecule is CCCCCCCC/C=C\CCCCCCC[C@H](C[C@@H]1C=CCCN1C)OC(C)=O. The predicted octanol–water partition coefficient (Wildman–Crippen LogP) is 7.61. The number of carbonyl (C=O) groups excluding carboxylic acids is 1. The van der Waals surface area contributed by atoms with Crippen LogP contribution < -0.4 is 0 Å². The van der Waals surface area contributed by atoms with E-state index in [1.54, 1.807) is 0 Å². The Morgan fingerprint density at radius 1 is 1.00 bits per heavy atom. The molecule has 30 heavy (non-hydrogen) atoms. The molecule has 1 rings (SSSR count). The quantitative estimate of drug-likeness (QED) is 0.130. The van der Waals surface area contributed by atoms with Crippen LogP contribution in [0.1, 0.15) is 117 Å². The van der Waals surface area contributed by atoms with E-state index in [1.807, 2.05) is 0 Å². The zero-order valence-corrected chi connectivity index (χ0v) is 20.2. The largest absolute Gasteiger partial charge is 0.462 e. The molecule has 0 fully saturated rings. The van der Waals surface area contributed by atoms with E-state index in [4.69, 9.17) is 4.74 Å². The zero-order chi connectivity index (χ0) is 21.9. The molecular weight excluding hydrogens is 370 g/mol. The number of unbranched alkanes of at least 4 members (excludes halogenated alkanes) is 11. The van der Waals surface area contributed by atoms with E-state index >= 15 is 0 Å². The molecule has 0 amide bonds. The Hall–Kier alpha value is -1.09. The van der Waals surface area contributed by atoms with Gasteiger partial charge in [0.15, 0.2) is 0 Å². The fourth-order valence-electron chi connectivity index (χ4n) is 4.27. The number of ether oxygens (including phenoxy) is 1. The average Bonchev–Trinajstić information content (AvgIpc) is 2.72. The lowest BCUT2D eigenvalue weighted by Gasteiger charge is -2.31. The molecule has 0 saturated carbocycles. The molecule has 3 nitrogen and oxygen atoms in total. The maximum atomic E-state index is 11.5. The van der Waals surface area contributed by atoms with Crippen molar-refractivity contribution < 1.29 is 9.53 Å². The van der Waals surface area contributed by atoms with E-state index in [-0.39, 0.29) is 12.1 Å². The van der Waals surface area contributed by atoms with Gasteiger partial charge in [-0.3, -0.25) is 9.69 Å². The summed E-state index contributed by atoms with van der Waals surface area (Å²) in [5.41, 5.74) is 0. The highest BCUT2D eigenvalue weighted by Crippen LogP contribution is 2.19. The van der Waals surface area contributed by atoms with E-state index in [2.05, 4.69) is 43.2 Å². The van der Waals surface area contributed by atoms with E-state index in [9.17, 15) is 4.79 Å². The summed E-state index contributed by atoms with van der Waals surface area (Å²) in [5.74, 6) is -0.143. The second kappa shape index (κ2) is 18.7. The van der Waals surface area contributed by atoms with Crippen LogP contribution in [-0.2, 0) is 9.53 Å². The molecule has 1 heterocycles. The van der Waals surface area contributed by atoms with Crippen LogP contribution >= 0.6 is 0 Å². The van der Waals surface area contributed by atoms with Gasteiger partial charge in [-0.1, -0.05) is 82.6 Å². The minimum absolute atomic E-state index is 0.0580. The minimum Gasteiger partial charge on any atom is -0.462 e. The summed E-state index contributed by atoms with van der Waals surface area (Å²) in [7, 11) is 2.17. The molecule has 0 N–H and O–H groups in total. The molecule has 0 aromatic heterocycles. The fourth-order valence-corrected chi connectivity index (χ4v) is 4.27. The Balaban J connectivity index is 2.02. The van der Waals surface area contributed by atoms with Gasteiger partial charge in [0, 0.05) is 25.9 Å². The molecule has 0 saturated heterocycles. The number of allylic oxidation sites excluding steroid dienone is 2. The summed E-state index contributed by atoms with van der Waals surface area (Å²) in [4.78, 5) is 13.8. The number of hydrogen-bond acceptors (Lipinski definition) is 3. The van der Waals surface area contributed by atoms with Crippen LogP contribution in [0.5, 0.6) is 0 Å². The maximum Gasteiger partial charge on any atom is 0.302 e. The lowest BCUT2D eigenvalue weighted by molar-refractivity contribution is -0.147. The molecule has 0 bridgehead atoms. The first-order valence-corrected chi connectivity index (χ1v) is 12.8. The number of carbonyl (C=O) groups is 1. The first-order chi connectivity index (χ1) is 14.6. The highest BCUT2D eigenvalue weighted by molar-refractivity contribution is 5.66. The second-order valence-corrected chi connectivity index (χ2v) is 9.10. The van der Waals surface area contributed by atoms with Gasteiger partial charge in [-0.15, -0.1) is 0 Å². The molecule has 1 aliphatic rings. The number of rotatable bonds is 18. The molecule has 0 aromatic carbocycles. The molecule has 2 atom stereocenters. The van der Waals surface area contributed by atoms with Crippen LogP contribution in [0.3, 0.4) is 0 Å². The number of likely N-dealkylation sites (N-methyl/N-ethyl adjacent to an activating group) is 1. The summed E-state index contributed by atoms with van der Waals surface area (Å²) in [6.07, 6.45) is 29.5. The topological polar surface area (TPSA) is 29.5 Å². The van der Waals surface area contributed by atoms with Gasteiger partial charge in [0.2, 0.25) is 0 Å². The zero-order valence-electron chi connectivity index (χ0n) is 20.2. The highest BCUT2D eigenvalue weighted by atomic mass is 16.5. The van der Waals surface area contributed by atoms with E-state index in [0.29, 0.717) is 6.04 Å². The Bertz CT molecular complexity index is 471. The van der Waals surface area contributed by atoms with Crippen LogP contribution in [-0.4, -0.2) is 36.6 Å². The van der Waals surface area contributed by atoms with Gasteiger partial charge in [0.25, 0.3) is 0 Å². The summed E-state index contributed by atoms with van der Waals surface area (Å²) in [6.45, 7) is 4.91. The third-order valence-corrected chi connectivity index (χ3v) is 6.20. The van der Waals surface area contributed by atoms with Gasteiger partial charge in [0.05, 0.1) is 0 Å². The standard InChI is InChI=1S/C27H49NO2/c1-4-5-6-7-8-9-10-11-12-13-14-15-16-17-18-22-27(30-25(2)29)24-26-21-19-20-23-28(26)3/h11-12,19,21,26-27H,4-10,13-18,20,22-24H2,1-3H3/b12-11-/t26-,27+/m0/s1. The molecule has 0 spiro atoms. The lowest BCUT2D eigenvalue weighted by atomic mass is 9.99. The Kier molecular flexibility index (Phi) is 16.8. The molecular formula is C27H49NO2. The fraction of sp³-hybridized carbons (Fsp3) is 0.815. The first-order valence-electron chi connectivity index (χ1n) is 12.8. The Morgan fingerprint density at radius 2 is 1.60 bits per heavy atom. The third kappa shape index (κ3) is 14.8. The summed E-state index contributed by atoms with van der Waals surface area (Å²) in [6, 6.07) is 0.409. The molecule has 0 radical (unpaired) electrons. The van der Waals surface area contributed by atoms with E-state index in [1.165, 1.54) is 84.0 Å². The van der Waals surface area contributed by atoms with Crippen molar-refractivity contribution in [3.63, 3.8) is 0 Å². The minimum atomic E-state index is -0.143. The van der Waals surface area contributed by atoms with Gasteiger partial charge in [0.1, 0.15) is 6.10 Å². The van der Waals surface area contributed by atoms with Crippen LogP contribution in [0.25, 0.3) is 0 Å². The average molecular weight is 420 g/mol. The number of hydrogen-bond donors (Lipinski definition) is 0. The first kappa shape index (κ1) is 26.9. The lowest BCUT2D eigenvalue weighted by Crippen LogP contribution is -2.37. The summed E-state index contributed by atoms with van der Waals surface area (Å²) in [5, 5.41) is 0. The highest BCUT2D eigenvalue weighted by Gasteiger charge is 2.21. The number of nitrogens with zero attached hydrogens (tertiary/aromatic N) is 1. The van der Waals surface area contributed by atoms with Crippen LogP contribution in [0.2, 0.25) is 0 Å². The molecule has 0 unspecified atom stereocenters. The van der Waals surface area contributed by atoms with Crippen molar-refractivity contribution in [3.05, 3.63) is 24.3 Å². The molecule has 174 valence electrons. The monoisotopic (exact) mass is 419 g/mol. The van der Waals surface area contributed by atoms with Crippen molar-refractivity contribution in [1.82, 2.24) is 4.90 Å². The number of esters is 1. The van der Waals surface area contributed by atoms with E-state index in [0.717, 1.165) is 32.2 Å². The molecule has 1 aliphatic heterocycles. The van der Waals surface area contributed by atoms with Gasteiger partial charge < -0.3 is 4.74 Å². The van der Waals surface area contributed by atoms with Crippen molar-refractivity contribution in [2.24, 2.45) is 0 Å². The summed E-state index contributed by atoms with van der Waals surface area (Å²) >= 11 is 0. The molecule has 0 aromatic rings. The van der Waals surface area contributed by atoms with Gasteiger partial charge in [-0.25, -0.2) is 0 Å². The normalized spacial score (nSPS) is 18.2. The Morgan fingerprint density at radius 3 is 2.20 bits per heavy atom. The smallest absolute Gasteiger partial charge is 0.302 e. The third-order valence-electron chi connectivity index (χ3n) is 6.20. The van der Waals surface area contributed by atoms with Crippen molar-refractivity contribution in [3.8, 4) is 0 Å². The maximum absolute atomic E-state index is 11.5. The van der Waals surface area contributed by atoms with Crippen molar-refractivity contribution in [2.75, 3.05) is 13.6 Å². The van der Waals surface area contributed by atoms with Crippen LogP contribution in [0.15, 0.2) is 24.3 Å². The summed E-state index contributed by atoms with van der Waals surface area (Å²) < 4.78 is 5.61. The van der Waals surface area contributed by atoms with Gasteiger partial charge >= 0.3 is 5.97 Å².